The number of rotatable bonds is 5. The van der Waals surface area contributed by atoms with Crippen LogP contribution in [0, 0.1) is 5.92 Å². The number of hydrogen-bond acceptors (Lipinski definition) is 3. The van der Waals surface area contributed by atoms with Gasteiger partial charge in [-0.05, 0) is 40.0 Å². The molecule has 0 fully saturated rings. The number of hydrogen-bond donors (Lipinski definition) is 2. The lowest BCUT2D eigenvalue weighted by Crippen LogP contribution is -2.38. The topological polar surface area (TPSA) is 41.3 Å². The molecule has 0 saturated carbocycles. The van der Waals surface area contributed by atoms with Crippen LogP contribution in [0.2, 0.25) is 0 Å². The molecule has 0 aliphatic carbocycles. The van der Waals surface area contributed by atoms with Crippen LogP contribution < -0.4 is 11.1 Å². The van der Waals surface area contributed by atoms with E-state index in [0.717, 1.165) is 13.0 Å². The number of nitrogens with zero attached hydrogens (tertiary/aromatic N) is 1. The molecule has 0 aliphatic rings. The van der Waals surface area contributed by atoms with Crippen LogP contribution in [0.15, 0.2) is 0 Å². The molecule has 3 heteroatoms. The van der Waals surface area contributed by atoms with Crippen molar-refractivity contribution in [3.63, 3.8) is 0 Å². The van der Waals surface area contributed by atoms with Crippen LogP contribution in [0.25, 0.3) is 0 Å². The summed E-state index contributed by atoms with van der Waals surface area (Å²) in [6.45, 7) is 3.25. The van der Waals surface area contributed by atoms with E-state index in [1.54, 1.807) is 0 Å². The molecule has 11 heavy (non-hydrogen) atoms. The minimum absolute atomic E-state index is 0.193. The molecule has 0 heterocycles. The molecule has 0 aliphatic heterocycles. The molecular weight excluding hydrogens is 138 g/mol. The summed E-state index contributed by atoms with van der Waals surface area (Å²) in [5.41, 5.74) is 5.85. The Morgan fingerprint density at radius 3 is 2.36 bits per heavy atom. The van der Waals surface area contributed by atoms with Gasteiger partial charge in [0.1, 0.15) is 0 Å². The van der Waals surface area contributed by atoms with E-state index in [9.17, 15) is 0 Å². The zero-order chi connectivity index (χ0) is 8.85. The van der Waals surface area contributed by atoms with E-state index >= 15 is 0 Å². The summed E-state index contributed by atoms with van der Waals surface area (Å²) < 4.78 is 0. The Balaban J connectivity index is 3.48. The molecule has 2 unspecified atom stereocenters. The van der Waals surface area contributed by atoms with Crippen molar-refractivity contribution in [2.75, 3.05) is 27.7 Å². The first-order valence-corrected chi connectivity index (χ1v) is 4.14. The monoisotopic (exact) mass is 159 g/mol. The van der Waals surface area contributed by atoms with E-state index in [1.807, 2.05) is 26.0 Å². The van der Waals surface area contributed by atoms with Gasteiger partial charge in [0.25, 0.3) is 0 Å². The van der Waals surface area contributed by atoms with E-state index in [2.05, 4.69) is 12.2 Å². The Labute approximate surface area is 69.9 Å². The molecule has 0 amide bonds. The lowest BCUT2D eigenvalue weighted by molar-refractivity contribution is 0.254. The summed E-state index contributed by atoms with van der Waals surface area (Å²) in [5.74, 6) is 0.650. The first-order chi connectivity index (χ1) is 5.07. The number of nitrogens with one attached hydrogen (secondary N) is 1. The lowest BCUT2D eigenvalue weighted by atomic mass is 10.1. The van der Waals surface area contributed by atoms with Crippen LogP contribution in [0.4, 0.5) is 0 Å². The average Bonchev–Trinajstić information content (AvgIpc) is 1.87. The minimum Gasteiger partial charge on any atom is -0.319 e. The van der Waals surface area contributed by atoms with Gasteiger partial charge in [-0.3, -0.25) is 4.90 Å². The van der Waals surface area contributed by atoms with Crippen molar-refractivity contribution in [1.29, 1.82) is 0 Å². The quantitative estimate of drug-likeness (QED) is 0.558. The van der Waals surface area contributed by atoms with Gasteiger partial charge < -0.3 is 11.1 Å². The van der Waals surface area contributed by atoms with E-state index in [-0.39, 0.29) is 6.17 Å². The second-order valence-corrected chi connectivity index (χ2v) is 3.43. The third-order valence-electron chi connectivity index (χ3n) is 1.86. The smallest absolute Gasteiger partial charge is 0.0569 e. The molecule has 0 spiro atoms. The normalized spacial score (nSPS) is 16.9. The maximum absolute atomic E-state index is 5.85. The van der Waals surface area contributed by atoms with Gasteiger partial charge in [-0.25, -0.2) is 0 Å². The molecule has 0 saturated heterocycles. The standard InChI is InChI=1S/C8H21N3/c1-7(6-10-2)5-8(9)11(3)4/h7-8,10H,5-6,9H2,1-4H3. The van der Waals surface area contributed by atoms with E-state index in [0.29, 0.717) is 5.92 Å². The van der Waals surface area contributed by atoms with Crippen molar-refractivity contribution in [2.45, 2.75) is 19.5 Å². The zero-order valence-electron chi connectivity index (χ0n) is 8.09. The zero-order valence-corrected chi connectivity index (χ0v) is 8.09. The highest BCUT2D eigenvalue weighted by molar-refractivity contribution is 4.64. The lowest BCUT2D eigenvalue weighted by Gasteiger charge is -2.22. The second kappa shape index (κ2) is 5.52. The third-order valence-corrected chi connectivity index (χ3v) is 1.86. The largest absolute Gasteiger partial charge is 0.319 e. The van der Waals surface area contributed by atoms with Crippen LogP contribution >= 0.6 is 0 Å². The Hall–Kier alpha value is -0.120. The fourth-order valence-electron chi connectivity index (χ4n) is 1.05. The Morgan fingerprint density at radius 2 is 2.00 bits per heavy atom. The van der Waals surface area contributed by atoms with Crippen molar-refractivity contribution in [1.82, 2.24) is 10.2 Å². The van der Waals surface area contributed by atoms with Crippen LogP contribution in [0.1, 0.15) is 13.3 Å². The van der Waals surface area contributed by atoms with Gasteiger partial charge in [-0.2, -0.15) is 0 Å². The highest BCUT2D eigenvalue weighted by Crippen LogP contribution is 2.03. The predicted octanol–water partition coefficient (Wildman–Crippen LogP) is 0.0784. The predicted molar refractivity (Wildman–Crippen MR) is 49.4 cm³/mol. The van der Waals surface area contributed by atoms with E-state index in [1.165, 1.54) is 0 Å². The molecule has 0 aromatic carbocycles. The van der Waals surface area contributed by atoms with Gasteiger partial charge in [0.2, 0.25) is 0 Å². The first kappa shape index (κ1) is 10.9. The maximum Gasteiger partial charge on any atom is 0.0569 e. The Morgan fingerprint density at radius 1 is 1.45 bits per heavy atom. The molecule has 0 bridgehead atoms. The summed E-state index contributed by atoms with van der Waals surface area (Å²) in [4.78, 5) is 2.05. The van der Waals surface area contributed by atoms with Crippen molar-refractivity contribution in [3.05, 3.63) is 0 Å². The molecule has 0 radical (unpaired) electrons. The molecule has 3 nitrogen and oxygen atoms in total. The van der Waals surface area contributed by atoms with Crippen molar-refractivity contribution < 1.29 is 0 Å². The summed E-state index contributed by atoms with van der Waals surface area (Å²) in [7, 11) is 5.99. The van der Waals surface area contributed by atoms with Gasteiger partial charge in [0, 0.05) is 0 Å². The summed E-state index contributed by atoms with van der Waals surface area (Å²) in [6.07, 6.45) is 1.24. The van der Waals surface area contributed by atoms with E-state index in [4.69, 9.17) is 5.73 Å². The van der Waals surface area contributed by atoms with Gasteiger partial charge in [0.05, 0.1) is 6.17 Å². The fraction of sp³-hybridized carbons (Fsp3) is 1.00. The van der Waals surface area contributed by atoms with Crippen molar-refractivity contribution in [3.8, 4) is 0 Å². The SMILES string of the molecule is CNCC(C)CC(N)N(C)C. The van der Waals surface area contributed by atoms with Gasteiger partial charge in [0.15, 0.2) is 0 Å². The van der Waals surface area contributed by atoms with Gasteiger partial charge in [-0.15, -0.1) is 0 Å². The fourth-order valence-corrected chi connectivity index (χ4v) is 1.05. The molecular formula is C8H21N3. The second-order valence-electron chi connectivity index (χ2n) is 3.43. The highest BCUT2D eigenvalue weighted by Gasteiger charge is 2.09. The molecule has 68 valence electrons. The van der Waals surface area contributed by atoms with Crippen molar-refractivity contribution >= 4 is 0 Å². The molecule has 0 rings (SSSR count). The average molecular weight is 159 g/mol. The molecule has 0 aromatic heterocycles. The summed E-state index contributed by atoms with van der Waals surface area (Å²) in [6, 6.07) is 0. The van der Waals surface area contributed by atoms with Crippen molar-refractivity contribution in [2.24, 2.45) is 11.7 Å². The van der Waals surface area contributed by atoms with Crippen LogP contribution in [0.3, 0.4) is 0 Å². The third kappa shape index (κ3) is 5.18. The maximum atomic E-state index is 5.85. The minimum atomic E-state index is 0.193. The first-order valence-electron chi connectivity index (χ1n) is 4.14. The highest BCUT2D eigenvalue weighted by atomic mass is 15.2. The van der Waals surface area contributed by atoms with E-state index < -0.39 is 0 Å². The Bertz CT molecular complexity index is 93.3. The molecule has 2 atom stereocenters. The summed E-state index contributed by atoms with van der Waals surface area (Å²) in [5, 5.41) is 3.14. The van der Waals surface area contributed by atoms with Crippen LogP contribution in [0.5, 0.6) is 0 Å². The van der Waals surface area contributed by atoms with Gasteiger partial charge >= 0.3 is 0 Å². The molecule has 0 aromatic rings. The Kier molecular flexibility index (Phi) is 5.46. The van der Waals surface area contributed by atoms with Crippen LogP contribution in [-0.2, 0) is 0 Å². The summed E-state index contributed by atoms with van der Waals surface area (Å²) >= 11 is 0. The van der Waals surface area contributed by atoms with Gasteiger partial charge in [-0.1, -0.05) is 6.92 Å². The number of nitrogens with two attached hydrogens (primary N) is 1. The molecule has 3 N–H and O–H groups in total. The van der Waals surface area contributed by atoms with Crippen LogP contribution in [-0.4, -0.2) is 38.8 Å².